The van der Waals surface area contributed by atoms with Crippen LogP contribution in [0, 0.1) is 0 Å². The minimum absolute atomic E-state index is 0.197. The van der Waals surface area contributed by atoms with Crippen molar-refractivity contribution in [3.8, 4) is 28.3 Å². The van der Waals surface area contributed by atoms with Crippen molar-refractivity contribution in [3.63, 3.8) is 0 Å². The molecule has 0 spiro atoms. The molecule has 5 N–H and O–H groups in total. The molecular formula is C20H20N8O2. The lowest BCUT2D eigenvalue weighted by molar-refractivity contribution is 0.252. The predicted octanol–water partition coefficient (Wildman–Crippen LogP) is 2.81. The second kappa shape index (κ2) is 8.03. The number of ether oxygens (including phenoxy) is 1. The van der Waals surface area contributed by atoms with E-state index >= 15 is 0 Å². The molecule has 0 unspecified atom stereocenters. The number of carbonyl (C=O) groups is 1. The number of hydrogen-bond acceptors (Lipinski definition) is 7. The van der Waals surface area contributed by atoms with E-state index in [9.17, 15) is 4.79 Å². The van der Waals surface area contributed by atoms with Crippen LogP contribution in [-0.2, 0) is 0 Å². The number of hydrogen-bond donors (Lipinski definition) is 4. The highest BCUT2D eigenvalue weighted by Gasteiger charge is 2.15. The van der Waals surface area contributed by atoms with Gasteiger partial charge in [0.1, 0.15) is 0 Å². The van der Waals surface area contributed by atoms with Gasteiger partial charge >= 0.3 is 6.03 Å². The zero-order chi connectivity index (χ0) is 21.1. The molecule has 10 heteroatoms. The van der Waals surface area contributed by atoms with E-state index in [1.165, 1.54) is 0 Å². The standard InChI is InChI=1S/C20H20N8O2/c1-3-22-20(29)28-19-26-15-8-11(12-9-23-18(21)24-10-12)7-13(17(15)27-19)14-5-4-6-16(25-14)30-2/h4-10H,3H2,1-2H3,(H2,21,23,24)(H3,22,26,27,28,29). The fourth-order valence-electron chi connectivity index (χ4n) is 3.02. The lowest BCUT2D eigenvalue weighted by atomic mass is 10.0. The second-order valence-corrected chi connectivity index (χ2v) is 6.38. The van der Waals surface area contributed by atoms with E-state index in [0.29, 0.717) is 29.6 Å². The molecular weight excluding hydrogens is 384 g/mol. The molecule has 0 saturated heterocycles. The third-order valence-electron chi connectivity index (χ3n) is 4.38. The van der Waals surface area contributed by atoms with Crippen LogP contribution in [0.2, 0.25) is 0 Å². The number of pyridine rings is 1. The number of nitrogens with two attached hydrogens (primary N) is 1. The molecule has 4 rings (SSSR count). The summed E-state index contributed by atoms with van der Waals surface area (Å²) in [6, 6.07) is 8.99. The van der Waals surface area contributed by atoms with Gasteiger partial charge in [0.15, 0.2) is 0 Å². The normalized spacial score (nSPS) is 10.7. The number of aromatic amines is 1. The van der Waals surface area contributed by atoms with Crippen LogP contribution in [0.5, 0.6) is 5.88 Å². The second-order valence-electron chi connectivity index (χ2n) is 6.38. The Kier molecular flexibility index (Phi) is 5.12. The SMILES string of the molecule is CCNC(=O)Nc1nc2cc(-c3cnc(N)nc3)cc(-c3cccc(OC)n3)c2[nH]1. The van der Waals surface area contributed by atoms with E-state index in [-0.39, 0.29) is 12.0 Å². The quantitative estimate of drug-likeness (QED) is 0.400. The van der Waals surface area contributed by atoms with Crippen molar-refractivity contribution >= 4 is 29.0 Å². The van der Waals surface area contributed by atoms with Gasteiger partial charge in [-0.1, -0.05) is 6.07 Å². The van der Waals surface area contributed by atoms with Crippen molar-refractivity contribution in [3.05, 3.63) is 42.7 Å². The number of nitrogens with zero attached hydrogens (tertiary/aromatic N) is 4. The smallest absolute Gasteiger partial charge is 0.321 e. The molecule has 0 atom stereocenters. The first-order chi connectivity index (χ1) is 14.6. The monoisotopic (exact) mass is 404 g/mol. The fourth-order valence-corrected chi connectivity index (χ4v) is 3.02. The van der Waals surface area contributed by atoms with Gasteiger partial charge in [0.2, 0.25) is 17.8 Å². The largest absolute Gasteiger partial charge is 0.481 e. The number of carbonyl (C=O) groups excluding carboxylic acids is 1. The number of H-pyrrole nitrogens is 1. The van der Waals surface area contributed by atoms with Crippen LogP contribution in [-0.4, -0.2) is 44.6 Å². The zero-order valence-electron chi connectivity index (χ0n) is 16.4. The van der Waals surface area contributed by atoms with Gasteiger partial charge in [-0.05, 0) is 30.7 Å². The predicted molar refractivity (Wildman–Crippen MR) is 114 cm³/mol. The first-order valence-corrected chi connectivity index (χ1v) is 9.25. The molecule has 0 aliphatic carbocycles. The van der Waals surface area contributed by atoms with Gasteiger partial charge in [0.25, 0.3) is 0 Å². The Hall–Kier alpha value is -4.21. The number of rotatable bonds is 5. The number of methoxy groups -OCH3 is 1. The molecule has 3 aromatic heterocycles. The molecule has 30 heavy (non-hydrogen) atoms. The van der Waals surface area contributed by atoms with Gasteiger partial charge in [-0.3, -0.25) is 5.32 Å². The maximum absolute atomic E-state index is 11.9. The topological polar surface area (TPSA) is 144 Å². The van der Waals surface area contributed by atoms with Gasteiger partial charge in [-0.25, -0.2) is 24.7 Å². The van der Waals surface area contributed by atoms with Gasteiger partial charge in [-0.15, -0.1) is 0 Å². The Morgan fingerprint density at radius 2 is 1.97 bits per heavy atom. The highest BCUT2D eigenvalue weighted by molar-refractivity contribution is 5.98. The van der Waals surface area contributed by atoms with Crippen LogP contribution in [0.3, 0.4) is 0 Å². The summed E-state index contributed by atoms with van der Waals surface area (Å²) in [5.41, 5.74) is 10.1. The van der Waals surface area contributed by atoms with Crippen molar-refractivity contribution in [2.75, 3.05) is 24.7 Å². The molecule has 0 saturated carbocycles. The van der Waals surface area contributed by atoms with E-state index in [1.54, 1.807) is 25.6 Å². The number of imidazole rings is 1. The Morgan fingerprint density at radius 1 is 1.17 bits per heavy atom. The van der Waals surface area contributed by atoms with Gasteiger partial charge in [0.05, 0.1) is 23.8 Å². The number of fused-ring (bicyclic) bond motifs is 1. The fraction of sp³-hybridized carbons (Fsp3) is 0.150. The van der Waals surface area contributed by atoms with E-state index < -0.39 is 0 Å². The molecule has 0 bridgehead atoms. The first-order valence-electron chi connectivity index (χ1n) is 9.25. The summed E-state index contributed by atoms with van der Waals surface area (Å²) in [6.45, 7) is 2.35. The van der Waals surface area contributed by atoms with Gasteiger partial charge in [0, 0.05) is 36.1 Å². The molecule has 2 amide bonds. The maximum Gasteiger partial charge on any atom is 0.321 e. The maximum atomic E-state index is 11.9. The summed E-state index contributed by atoms with van der Waals surface area (Å²) in [5.74, 6) is 1.01. The summed E-state index contributed by atoms with van der Waals surface area (Å²) in [4.78, 5) is 32.3. The summed E-state index contributed by atoms with van der Waals surface area (Å²) >= 11 is 0. The third-order valence-corrected chi connectivity index (χ3v) is 4.38. The van der Waals surface area contributed by atoms with Crippen LogP contribution in [0.25, 0.3) is 33.4 Å². The van der Waals surface area contributed by atoms with Gasteiger partial charge < -0.3 is 20.8 Å². The average Bonchev–Trinajstić information content (AvgIpc) is 3.16. The Bertz CT molecular complexity index is 1200. The van der Waals surface area contributed by atoms with Crippen molar-refractivity contribution in [1.82, 2.24) is 30.2 Å². The van der Waals surface area contributed by atoms with Crippen molar-refractivity contribution < 1.29 is 9.53 Å². The van der Waals surface area contributed by atoms with Gasteiger partial charge in [-0.2, -0.15) is 0 Å². The average molecular weight is 404 g/mol. The van der Waals surface area contributed by atoms with Crippen LogP contribution >= 0.6 is 0 Å². The third kappa shape index (κ3) is 3.83. The molecule has 0 aliphatic heterocycles. The van der Waals surface area contributed by atoms with E-state index in [2.05, 4.69) is 35.6 Å². The van der Waals surface area contributed by atoms with Crippen molar-refractivity contribution in [2.45, 2.75) is 6.92 Å². The van der Waals surface area contributed by atoms with Crippen LogP contribution in [0.4, 0.5) is 16.7 Å². The highest BCUT2D eigenvalue weighted by Crippen LogP contribution is 2.33. The summed E-state index contributed by atoms with van der Waals surface area (Å²) < 4.78 is 5.27. The molecule has 3 heterocycles. The zero-order valence-corrected chi connectivity index (χ0v) is 16.4. The molecule has 152 valence electrons. The van der Waals surface area contributed by atoms with Crippen molar-refractivity contribution in [1.29, 1.82) is 0 Å². The molecule has 10 nitrogen and oxygen atoms in total. The molecule has 4 aromatic rings. The Labute approximate surface area is 171 Å². The van der Waals surface area contributed by atoms with E-state index in [4.69, 9.17) is 10.5 Å². The van der Waals surface area contributed by atoms with Crippen LogP contribution in [0.1, 0.15) is 6.92 Å². The summed E-state index contributed by atoms with van der Waals surface area (Å²) in [7, 11) is 1.56. The number of nitrogen functional groups attached to an aromatic ring is 1. The minimum Gasteiger partial charge on any atom is -0.481 e. The van der Waals surface area contributed by atoms with E-state index in [1.807, 2.05) is 31.2 Å². The minimum atomic E-state index is -0.343. The lowest BCUT2D eigenvalue weighted by Crippen LogP contribution is -2.28. The first kappa shape index (κ1) is 19.1. The highest BCUT2D eigenvalue weighted by atomic mass is 16.5. The lowest BCUT2D eigenvalue weighted by Gasteiger charge is -2.08. The Balaban J connectivity index is 1.87. The summed E-state index contributed by atoms with van der Waals surface area (Å²) in [5, 5.41) is 5.37. The number of benzene rings is 1. The number of nitrogens with one attached hydrogen (secondary N) is 3. The number of aromatic nitrogens is 5. The molecule has 0 aliphatic rings. The number of anilines is 2. The molecule has 0 radical (unpaired) electrons. The molecule has 0 fully saturated rings. The van der Waals surface area contributed by atoms with Crippen LogP contribution in [0.15, 0.2) is 42.7 Å². The Morgan fingerprint density at radius 3 is 2.70 bits per heavy atom. The summed E-state index contributed by atoms with van der Waals surface area (Å²) in [6.07, 6.45) is 3.29. The van der Waals surface area contributed by atoms with Crippen molar-refractivity contribution in [2.24, 2.45) is 0 Å². The number of urea groups is 1. The van der Waals surface area contributed by atoms with E-state index in [0.717, 1.165) is 22.2 Å². The molecule has 1 aromatic carbocycles. The van der Waals surface area contributed by atoms with Crippen LogP contribution < -0.4 is 21.1 Å². The number of amides is 2.